The maximum Gasteiger partial charge on any atom is 0.191 e. The maximum absolute atomic E-state index is 4.41. The molecule has 118 valence electrons. The summed E-state index contributed by atoms with van der Waals surface area (Å²) >= 11 is 1.73. The average molecular weight is 325 g/mol. The minimum Gasteiger partial charge on any atom is -0.352 e. The van der Waals surface area contributed by atoms with Gasteiger partial charge >= 0.3 is 0 Å². The van der Waals surface area contributed by atoms with Crippen molar-refractivity contribution in [1.82, 2.24) is 20.6 Å². The quantitative estimate of drug-likeness (QED) is 0.499. The zero-order chi connectivity index (χ0) is 15.9. The second kappa shape index (κ2) is 7.60. The Labute approximate surface area is 139 Å². The standard InChI is InChI=1S/C17H19N5S/c1-18-17(20-10-14-8-5-9-23-14)21-12-16-19-11-15(22-16)13-6-3-2-4-7-13/h2-9,11H,10,12H2,1H3,(H,19,22)(H2,18,20,21). The molecule has 5 nitrogen and oxygen atoms in total. The van der Waals surface area contributed by atoms with Gasteiger partial charge in [-0.1, -0.05) is 36.4 Å². The van der Waals surface area contributed by atoms with Crippen LogP contribution < -0.4 is 10.6 Å². The Balaban J connectivity index is 1.54. The number of imidazole rings is 1. The van der Waals surface area contributed by atoms with Crippen LogP contribution in [-0.2, 0) is 13.1 Å². The van der Waals surface area contributed by atoms with Crippen LogP contribution in [0.15, 0.2) is 59.0 Å². The van der Waals surface area contributed by atoms with Gasteiger partial charge in [0.1, 0.15) is 5.82 Å². The second-order valence-corrected chi connectivity index (χ2v) is 6.00. The number of nitrogens with one attached hydrogen (secondary N) is 3. The van der Waals surface area contributed by atoms with E-state index >= 15 is 0 Å². The largest absolute Gasteiger partial charge is 0.352 e. The summed E-state index contributed by atoms with van der Waals surface area (Å²) in [6.45, 7) is 1.36. The van der Waals surface area contributed by atoms with Crippen molar-refractivity contribution in [2.75, 3.05) is 7.05 Å². The molecular formula is C17H19N5S. The number of guanidine groups is 1. The molecule has 2 heterocycles. The minimum atomic E-state index is 0.594. The minimum absolute atomic E-state index is 0.594. The van der Waals surface area contributed by atoms with E-state index in [2.05, 4.69) is 49.2 Å². The summed E-state index contributed by atoms with van der Waals surface area (Å²) < 4.78 is 0. The Morgan fingerprint density at radius 1 is 1.13 bits per heavy atom. The lowest BCUT2D eigenvalue weighted by molar-refractivity contribution is 0.786. The van der Waals surface area contributed by atoms with Crippen LogP contribution >= 0.6 is 11.3 Å². The molecular weight excluding hydrogens is 306 g/mol. The number of rotatable bonds is 5. The number of nitrogens with zero attached hydrogens (tertiary/aromatic N) is 2. The van der Waals surface area contributed by atoms with Crippen LogP contribution in [0.2, 0.25) is 0 Å². The van der Waals surface area contributed by atoms with Crippen molar-refractivity contribution < 1.29 is 0 Å². The van der Waals surface area contributed by atoms with Crippen LogP contribution in [0.3, 0.4) is 0 Å². The van der Waals surface area contributed by atoms with Crippen molar-refractivity contribution in [2.24, 2.45) is 4.99 Å². The number of thiophene rings is 1. The highest BCUT2D eigenvalue weighted by Gasteiger charge is 2.04. The van der Waals surface area contributed by atoms with Gasteiger partial charge in [-0.05, 0) is 17.0 Å². The van der Waals surface area contributed by atoms with Crippen LogP contribution in [0.1, 0.15) is 10.7 Å². The highest BCUT2D eigenvalue weighted by molar-refractivity contribution is 7.09. The number of aliphatic imine (C=N–C) groups is 1. The topological polar surface area (TPSA) is 65.1 Å². The Hall–Kier alpha value is -2.60. The molecule has 0 atom stereocenters. The van der Waals surface area contributed by atoms with Gasteiger partial charge in [-0.25, -0.2) is 4.98 Å². The Morgan fingerprint density at radius 3 is 2.70 bits per heavy atom. The molecule has 0 aliphatic rings. The fourth-order valence-corrected chi connectivity index (χ4v) is 2.83. The van der Waals surface area contributed by atoms with Crippen LogP contribution in [0.4, 0.5) is 0 Å². The molecule has 0 saturated carbocycles. The molecule has 0 unspecified atom stereocenters. The van der Waals surface area contributed by atoms with Gasteiger partial charge in [0, 0.05) is 11.9 Å². The van der Waals surface area contributed by atoms with Gasteiger partial charge in [0.25, 0.3) is 0 Å². The SMILES string of the molecule is CN=C(NCc1ncc(-c2ccccc2)[nH]1)NCc1cccs1. The van der Waals surface area contributed by atoms with E-state index in [1.54, 1.807) is 18.4 Å². The molecule has 6 heteroatoms. The predicted molar refractivity (Wildman–Crippen MR) is 95.4 cm³/mol. The fraction of sp³-hybridized carbons (Fsp3) is 0.176. The van der Waals surface area contributed by atoms with E-state index in [4.69, 9.17) is 0 Å². The molecule has 0 spiro atoms. The van der Waals surface area contributed by atoms with Crippen molar-refractivity contribution in [3.05, 3.63) is 64.7 Å². The van der Waals surface area contributed by atoms with Gasteiger partial charge in [0.15, 0.2) is 5.96 Å². The number of hydrogen-bond donors (Lipinski definition) is 3. The monoisotopic (exact) mass is 325 g/mol. The first-order chi connectivity index (χ1) is 11.3. The third-order valence-corrected chi connectivity index (χ3v) is 4.25. The number of aromatic nitrogens is 2. The molecule has 3 N–H and O–H groups in total. The summed E-state index contributed by atoms with van der Waals surface area (Å²) in [4.78, 5) is 13.2. The normalized spacial score (nSPS) is 11.4. The number of hydrogen-bond acceptors (Lipinski definition) is 3. The Kier molecular flexibility index (Phi) is 5.06. The van der Waals surface area contributed by atoms with Gasteiger partial charge in [-0.2, -0.15) is 0 Å². The number of benzene rings is 1. The first kappa shape index (κ1) is 15.3. The maximum atomic E-state index is 4.41. The van der Waals surface area contributed by atoms with E-state index in [0.717, 1.165) is 29.6 Å². The van der Waals surface area contributed by atoms with Crippen molar-refractivity contribution in [1.29, 1.82) is 0 Å². The molecule has 0 fully saturated rings. The smallest absolute Gasteiger partial charge is 0.191 e. The van der Waals surface area contributed by atoms with E-state index in [9.17, 15) is 0 Å². The fourth-order valence-electron chi connectivity index (χ4n) is 2.19. The van der Waals surface area contributed by atoms with Crippen molar-refractivity contribution >= 4 is 17.3 Å². The third kappa shape index (κ3) is 4.20. The molecule has 0 amide bonds. The third-order valence-electron chi connectivity index (χ3n) is 3.37. The van der Waals surface area contributed by atoms with Crippen molar-refractivity contribution in [3.63, 3.8) is 0 Å². The Bertz CT molecular complexity index is 746. The number of aromatic amines is 1. The molecule has 0 saturated heterocycles. The molecule has 0 aliphatic carbocycles. The molecule has 1 aromatic carbocycles. The Morgan fingerprint density at radius 2 is 1.96 bits per heavy atom. The van der Waals surface area contributed by atoms with E-state index in [1.807, 2.05) is 30.5 Å². The van der Waals surface area contributed by atoms with Gasteiger partial charge in [0.05, 0.1) is 25.0 Å². The molecule has 0 aliphatic heterocycles. The molecule has 2 aromatic heterocycles. The number of H-pyrrole nitrogens is 1. The van der Waals surface area contributed by atoms with E-state index in [0.29, 0.717) is 6.54 Å². The zero-order valence-electron chi connectivity index (χ0n) is 12.9. The van der Waals surface area contributed by atoms with Gasteiger partial charge in [-0.3, -0.25) is 4.99 Å². The first-order valence-electron chi connectivity index (χ1n) is 7.41. The summed E-state index contributed by atoms with van der Waals surface area (Å²) in [5.41, 5.74) is 2.15. The van der Waals surface area contributed by atoms with Crippen molar-refractivity contribution in [3.8, 4) is 11.3 Å². The van der Waals surface area contributed by atoms with Crippen LogP contribution in [0.25, 0.3) is 11.3 Å². The summed E-state index contributed by atoms with van der Waals surface area (Å²) in [5, 5.41) is 8.62. The first-order valence-corrected chi connectivity index (χ1v) is 8.29. The van der Waals surface area contributed by atoms with Crippen LogP contribution in [-0.4, -0.2) is 23.0 Å². The van der Waals surface area contributed by atoms with Gasteiger partial charge in [0.2, 0.25) is 0 Å². The van der Waals surface area contributed by atoms with E-state index < -0.39 is 0 Å². The zero-order valence-corrected chi connectivity index (χ0v) is 13.7. The highest BCUT2D eigenvalue weighted by Crippen LogP contribution is 2.15. The summed E-state index contributed by atoms with van der Waals surface area (Å²) in [6.07, 6.45) is 1.86. The van der Waals surface area contributed by atoms with Crippen molar-refractivity contribution in [2.45, 2.75) is 13.1 Å². The average Bonchev–Trinajstić information content (AvgIpc) is 3.27. The molecule has 23 heavy (non-hydrogen) atoms. The highest BCUT2D eigenvalue weighted by atomic mass is 32.1. The van der Waals surface area contributed by atoms with Crippen LogP contribution in [0, 0.1) is 0 Å². The lowest BCUT2D eigenvalue weighted by Gasteiger charge is -2.09. The summed E-state index contributed by atoms with van der Waals surface area (Å²) in [6, 6.07) is 14.3. The second-order valence-electron chi connectivity index (χ2n) is 4.97. The summed E-state index contributed by atoms with van der Waals surface area (Å²) in [5.74, 6) is 1.64. The molecule has 3 aromatic rings. The van der Waals surface area contributed by atoms with Gasteiger partial charge in [-0.15, -0.1) is 11.3 Å². The van der Waals surface area contributed by atoms with E-state index in [1.165, 1.54) is 4.88 Å². The summed E-state index contributed by atoms with van der Waals surface area (Å²) in [7, 11) is 1.77. The van der Waals surface area contributed by atoms with E-state index in [-0.39, 0.29) is 0 Å². The van der Waals surface area contributed by atoms with Crippen LogP contribution in [0.5, 0.6) is 0 Å². The molecule has 0 bridgehead atoms. The lowest BCUT2D eigenvalue weighted by Crippen LogP contribution is -2.36. The van der Waals surface area contributed by atoms with Gasteiger partial charge < -0.3 is 15.6 Å². The predicted octanol–water partition coefficient (Wildman–Crippen LogP) is 3.00. The molecule has 3 rings (SSSR count). The lowest BCUT2D eigenvalue weighted by atomic mass is 10.2. The molecule has 0 radical (unpaired) electrons.